The number of aryl methyl sites for hydroxylation is 1. The maximum atomic E-state index is 9.55. The quantitative estimate of drug-likeness (QED) is 0.799. The summed E-state index contributed by atoms with van der Waals surface area (Å²) >= 11 is 0. The lowest BCUT2D eigenvalue weighted by Crippen LogP contribution is -2.22. The molecule has 4 nitrogen and oxygen atoms in total. The van der Waals surface area contributed by atoms with Crippen LogP contribution in [0.5, 0.6) is 0 Å². The zero-order valence-corrected chi connectivity index (χ0v) is 10.3. The van der Waals surface area contributed by atoms with Crippen molar-refractivity contribution in [2.24, 2.45) is 12.5 Å². The topological polar surface area (TPSA) is 54.5 Å². The Labute approximate surface area is 106 Å². The standard InChI is InChI=1S/C14H14N4/c1-18-9-13(16-17-18)8-14(10-15)6-11-4-2-3-5-12(11)7-14/h2-5,9H,6-8H2,1H3. The Hall–Kier alpha value is -2.15. The van der Waals surface area contributed by atoms with Crippen LogP contribution >= 0.6 is 0 Å². The second kappa shape index (κ2) is 3.95. The Balaban J connectivity index is 1.89. The highest BCUT2D eigenvalue weighted by molar-refractivity contribution is 5.37. The van der Waals surface area contributed by atoms with Gasteiger partial charge in [-0.2, -0.15) is 5.26 Å². The molecule has 0 saturated heterocycles. The van der Waals surface area contributed by atoms with Crippen molar-refractivity contribution in [1.82, 2.24) is 15.0 Å². The highest BCUT2D eigenvalue weighted by Gasteiger charge is 2.38. The number of nitrogens with zero attached hydrogens (tertiary/aromatic N) is 4. The summed E-state index contributed by atoms with van der Waals surface area (Å²) in [5.74, 6) is 0. The molecule has 1 aliphatic carbocycles. The molecule has 1 aromatic carbocycles. The summed E-state index contributed by atoms with van der Waals surface area (Å²) in [6.07, 6.45) is 4.20. The van der Waals surface area contributed by atoms with Gasteiger partial charge in [0, 0.05) is 19.7 Å². The minimum Gasteiger partial charge on any atom is -0.255 e. The van der Waals surface area contributed by atoms with Gasteiger partial charge in [-0.3, -0.25) is 4.68 Å². The molecule has 0 aliphatic heterocycles. The molecule has 0 bridgehead atoms. The largest absolute Gasteiger partial charge is 0.255 e. The molecule has 4 heteroatoms. The van der Waals surface area contributed by atoms with Crippen LogP contribution < -0.4 is 0 Å². The molecule has 0 spiro atoms. The van der Waals surface area contributed by atoms with E-state index in [0.29, 0.717) is 6.42 Å². The van der Waals surface area contributed by atoms with Gasteiger partial charge < -0.3 is 0 Å². The minimum atomic E-state index is -0.347. The fraction of sp³-hybridized carbons (Fsp3) is 0.357. The van der Waals surface area contributed by atoms with E-state index in [1.54, 1.807) is 4.68 Å². The van der Waals surface area contributed by atoms with E-state index < -0.39 is 0 Å². The van der Waals surface area contributed by atoms with Crippen molar-refractivity contribution in [2.45, 2.75) is 19.3 Å². The van der Waals surface area contributed by atoms with Crippen LogP contribution in [0.2, 0.25) is 0 Å². The first-order valence-corrected chi connectivity index (χ1v) is 6.04. The summed E-state index contributed by atoms with van der Waals surface area (Å²) in [7, 11) is 1.85. The van der Waals surface area contributed by atoms with E-state index >= 15 is 0 Å². The van der Waals surface area contributed by atoms with Crippen molar-refractivity contribution in [3.05, 3.63) is 47.3 Å². The second-order valence-corrected chi connectivity index (χ2v) is 5.07. The predicted molar refractivity (Wildman–Crippen MR) is 66.6 cm³/mol. The average molecular weight is 238 g/mol. The maximum Gasteiger partial charge on any atom is 0.0843 e. The zero-order valence-electron chi connectivity index (χ0n) is 10.3. The first-order chi connectivity index (χ1) is 8.71. The van der Waals surface area contributed by atoms with Crippen LogP contribution in [0.3, 0.4) is 0 Å². The first-order valence-electron chi connectivity index (χ1n) is 6.04. The van der Waals surface area contributed by atoms with Crippen LogP contribution in [-0.2, 0) is 26.3 Å². The summed E-state index contributed by atoms with van der Waals surface area (Å²) < 4.78 is 1.68. The maximum absolute atomic E-state index is 9.55. The van der Waals surface area contributed by atoms with Crippen LogP contribution in [0.25, 0.3) is 0 Å². The van der Waals surface area contributed by atoms with Gasteiger partial charge in [-0.05, 0) is 24.0 Å². The molecule has 0 N–H and O–H groups in total. The van der Waals surface area contributed by atoms with Crippen LogP contribution in [0.4, 0.5) is 0 Å². The van der Waals surface area contributed by atoms with Crippen molar-refractivity contribution in [1.29, 1.82) is 5.26 Å². The average Bonchev–Trinajstić information content (AvgIpc) is 2.93. The molecule has 90 valence electrons. The summed E-state index contributed by atoms with van der Waals surface area (Å²) in [4.78, 5) is 0. The summed E-state index contributed by atoms with van der Waals surface area (Å²) in [6, 6.07) is 10.8. The summed E-state index contributed by atoms with van der Waals surface area (Å²) in [5, 5.41) is 17.6. The van der Waals surface area contributed by atoms with Gasteiger partial charge in [0.1, 0.15) is 0 Å². The molecule has 2 aromatic rings. The smallest absolute Gasteiger partial charge is 0.0843 e. The van der Waals surface area contributed by atoms with Gasteiger partial charge in [-0.15, -0.1) is 5.10 Å². The molecule has 3 rings (SSSR count). The SMILES string of the molecule is Cn1cc(CC2(C#N)Cc3ccccc3C2)nn1. The van der Waals surface area contributed by atoms with E-state index in [9.17, 15) is 5.26 Å². The lowest BCUT2D eigenvalue weighted by molar-refractivity contribution is 0.413. The van der Waals surface area contributed by atoms with E-state index in [1.165, 1.54) is 11.1 Å². The van der Waals surface area contributed by atoms with Crippen molar-refractivity contribution in [3.63, 3.8) is 0 Å². The highest BCUT2D eigenvalue weighted by atomic mass is 15.4. The Morgan fingerprint density at radius 1 is 1.33 bits per heavy atom. The van der Waals surface area contributed by atoms with Crippen molar-refractivity contribution < 1.29 is 0 Å². The lowest BCUT2D eigenvalue weighted by Gasteiger charge is -2.18. The van der Waals surface area contributed by atoms with Crippen LogP contribution in [0.1, 0.15) is 16.8 Å². The molecule has 1 aromatic heterocycles. The van der Waals surface area contributed by atoms with Crippen LogP contribution in [0.15, 0.2) is 30.5 Å². The second-order valence-electron chi connectivity index (χ2n) is 5.07. The van der Waals surface area contributed by atoms with Gasteiger partial charge >= 0.3 is 0 Å². The van der Waals surface area contributed by atoms with Gasteiger partial charge in [0.05, 0.1) is 17.2 Å². The number of rotatable bonds is 2. The van der Waals surface area contributed by atoms with E-state index in [4.69, 9.17) is 0 Å². The number of hydrogen-bond acceptors (Lipinski definition) is 3. The predicted octanol–water partition coefficient (Wildman–Crippen LogP) is 1.67. The Bertz CT molecular complexity index is 596. The number of aromatic nitrogens is 3. The third-order valence-electron chi connectivity index (χ3n) is 3.58. The Morgan fingerprint density at radius 2 is 2.00 bits per heavy atom. The third-order valence-corrected chi connectivity index (χ3v) is 3.58. The zero-order chi connectivity index (χ0) is 12.6. The molecule has 0 amide bonds. The number of hydrogen-bond donors (Lipinski definition) is 0. The first kappa shape index (κ1) is 11.0. The van der Waals surface area contributed by atoms with E-state index in [0.717, 1.165) is 18.5 Å². The molecule has 1 aliphatic rings. The summed E-state index contributed by atoms with van der Waals surface area (Å²) in [5.41, 5.74) is 3.14. The van der Waals surface area contributed by atoms with Crippen LogP contribution in [0, 0.1) is 16.7 Å². The normalized spacial score (nSPS) is 16.2. The number of fused-ring (bicyclic) bond motifs is 1. The lowest BCUT2D eigenvalue weighted by atomic mass is 9.82. The molecule has 0 fully saturated rings. The molecular weight excluding hydrogens is 224 g/mol. The Morgan fingerprint density at radius 3 is 2.50 bits per heavy atom. The molecule has 0 unspecified atom stereocenters. The third kappa shape index (κ3) is 1.78. The molecule has 0 atom stereocenters. The van der Waals surface area contributed by atoms with Crippen molar-refractivity contribution >= 4 is 0 Å². The van der Waals surface area contributed by atoms with Crippen molar-refractivity contribution in [3.8, 4) is 6.07 Å². The molecule has 18 heavy (non-hydrogen) atoms. The highest BCUT2D eigenvalue weighted by Crippen LogP contribution is 2.38. The molecule has 1 heterocycles. The van der Waals surface area contributed by atoms with Crippen molar-refractivity contribution in [2.75, 3.05) is 0 Å². The van der Waals surface area contributed by atoms with Gasteiger partial charge in [-0.25, -0.2) is 0 Å². The van der Waals surface area contributed by atoms with E-state index in [1.807, 2.05) is 25.4 Å². The van der Waals surface area contributed by atoms with Gasteiger partial charge in [-0.1, -0.05) is 29.5 Å². The fourth-order valence-corrected chi connectivity index (χ4v) is 2.76. The van der Waals surface area contributed by atoms with Gasteiger partial charge in [0.2, 0.25) is 0 Å². The number of benzene rings is 1. The van der Waals surface area contributed by atoms with E-state index in [2.05, 4.69) is 28.5 Å². The molecular formula is C14H14N4. The Kier molecular flexibility index (Phi) is 2.41. The molecule has 0 radical (unpaired) electrons. The van der Waals surface area contributed by atoms with E-state index in [-0.39, 0.29) is 5.41 Å². The van der Waals surface area contributed by atoms with Crippen LogP contribution in [-0.4, -0.2) is 15.0 Å². The molecule has 0 saturated carbocycles. The fourth-order valence-electron chi connectivity index (χ4n) is 2.76. The minimum absolute atomic E-state index is 0.347. The van der Waals surface area contributed by atoms with Gasteiger partial charge in [0.25, 0.3) is 0 Å². The number of nitriles is 1. The monoisotopic (exact) mass is 238 g/mol. The van der Waals surface area contributed by atoms with Gasteiger partial charge in [0.15, 0.2) is 0 Å². The summed E-state index contributed by atoms with van der Waals surface area (Å²) in [6.45, 7) is 0.